The van der Waals surface area contributed by atoms with Crippen molar-refractivity contribution in [2.45, 2.75) is 12.3 Å². The number of ether oxygens (including phenoxy) is 1. The first-order valence-electron chi connectivity index (χ1n) is 5.20. The number of aliphatic hydroxyl groups is 1. The van der Waals surface area contributed by atoms with Crippen molar-refractivity contribution in [1.29, 1.82) is 0 Å². The molecule has 0 aliphatic heterocycles. The minimum absolute atomic E-state index is 0.0609. The van der Waals surface area contributed by atoms with Crippen molar-refractivity contribution in [1.82, 2.24) is 0 Å². The fraction of sp³-hybridized carbons (Fsp3) is 0.500. The van der Waals surface area contributed by atoms with Gasteiger partial charge in [-0.2, -0.15) is 0 Å². The Labute approximate surface area is 89.9 Å². The molecule has 0 saturated heterocycles. The van der Waals surface area contributed by atoms with Crippen LogP contribution in [-0.4, -0.2) is 25.4 Å². The molecule has 1 aliphatic rings. The minimum atomic E-state index is -0.0609. The van der Waals surface area contributed by atoms with Crippen LogP contribution in [0.25, 0.3) is 0 Å². The number of hydrogen-bond donors (Lipinski definition) is 2. The number of benzene rings is 1. The average molecular weight is 207 g/mol. The first kappa shape index (κ1) is 10.5. The molecule has 2 rings (SSSR count). The van der Waals surface area contributed by atoms with Gasteiger partial charge in [0.25, 0.3) is 0 Å². The molecule has 0 bridgehead atoms. The van der Waals surface area contributed by atoms with Gasteiger partial charge in [-0.3, -0.25) is 0 Å². The molecule has 0 aromatic heterocycles. The van der Waals surface area contributed by atoms with E-state index in [4.69, 9.17) is 10.5 Å². The predicted molar refractivity (Wildman–Crippen MR) is 58.9 cm³/mol. The molecule has 0 heterocycles. The molecular weight excluding hydrogens is 190 g/mol. The Hall–Kier alpha value is -1.06. The van der Waals surface area contributed by atoms with Crippen molar-refractivity contribution in [3.63, 3.8) is 0 Å². The maximum Gasteiger partial charge on any atom is 0.118 e. The van der Waals surface area contributed by atoms with Crippen LogP contribution in [0.15, 0.2) is 24.3 Å². The second-order valence-corrected chi connectivity index (χ2v) is 4.25. The number of nitrogens with two attached hydrogens (primary N) is 1. The molecule has 3 N–H and O–H groups in total. The zero-order valence-corrected chi connectivity index (χ0v) is 8.94. The average Bonchev–Trinajstić information content (AvgIpc) is 3.05. The maximum absolute atomic E-state index is 9.28. The summed E-state index contributed by atoms with van der Waals surface area (Å²) in [5.41, 5.74) is 6.86. The lowest BCUT2D eigenvalue weighted by Crippen LogP contribution is -2.21. The SMILES string of the molecule is COc1ccc([C@H]2C[C@@]2(CN)CO)cc1. The number of aliphatic hydroxyl groups excluding tert-OH is 1. The van der Waals surface area contributed by atoms with Crippen molar-refractivity contribution < 1.29 is 9.84 Å². The fourth-order valence-electron chi connectivity index (χ4n) is 2.12. The van der Waals surface area contributed by atoms with Gasteiger partial charge in [-0.25, -0.2) is 0 Å². The molecule has 1 aromatic rings. The van der Waals surface area contributed by atoms with Gasteiger partial charge in [-0.05, 0) is 30.0 Å². The van der Waals surface area contributed by atoms with Crippen molar-refractivity contribution in [2.75, 3.05) is 20.3 Å². The van der Waals surface area contributed by atoms with E-state index in [0.29, 0.717) is 12.5 Å². The highest BCUT2D eigenvalue weighted by atomic mass is 16.5. The quantitative estimate of drug-likeness (QED) is 0.778. The monoisotopic (exact) mass is 207 g/mol. The Balaban J connectivity index is 2.12. The Kier molecular flexibility index (Phi) is 2.67. The summed E-state index contributed by atoms with van der Waals surface area (Å²) in [6.45, 7) is 0.736. The highest BCUT2D eigenvalue weighted by Crippen LogP contribution is 2.58. The zero-order chi connectivity index (χ0) is 10.9. The molecule has 3 nitrogen and oxygen atoms in total. The number of methoxy groups -OCH3 is 1. The zero-order valence-electron chi connectivity index (χ0n) is 8.94. The summed E-state index contributed by atoms with van der Waals surface area (Å²) in [5.74, 6) is 1.28. The third-order valence-corrected chi connectivity index (χ3v) is 3.43. The van der Waals surface area contributed by atoms with E-state index in [1.807, 2.05) is 12.1 Å². The summed E-state index contributed by atoms with van der Waals surface area (Å²) in [5, 5.41) is 9.28. The van der Waals surface area contributed by atoms with Crippen LogP contribution in [0.3, 0.4) is 0 Å². The standard InChI is InChI=1S/C12H17NO2/c1-15-10-4-2-9(3-5-10)11-6-12(11,7-13)8-14/h2-5,11,14H,6-8,13H2,1H3/t11-,12-/m1/s1. The van der Waals surface area contributed by atoms with E-state index >= 15 is 0 Å². The summed E-state index contributed by atoms with van der Waals surface area (Å²) < 4.78 is 5.10. The Bertz CT molecular complexity index is 330. The van der Waals surface area contributed by atoms with Gasteiger partial charge < -0.3 is 15.6 Å². The molecule has 0 unspecified atom stereocenters. The number of hydrogen-bond acceptors (Lipinski definition) is 3. The van der Waals surface area contributed by atoms with Gasteiger partial charge in [-0.1, -0.05) is 12.1 Å². The van der Waals surface area contributed by atoms with Gasteiger partial charge in [0.15, 0.2) is 0 Å². The van der Waals surface area contributed by atoms with E-state index in [9.17, 15) is 5.11 Å². The summed E-state index contributed by atoms with van der Waals surface area (Å²) in [6, 6.07) is 8.01. The third-order valence-electron chi connectivity index (χ3n) is 3.43. The lowest BCUT2D eigenvalue weighted by molar-refractivity contribution is 0.211. The van der Waals surface area contributed by atoms with Crippen molar-refractivity contribution >= 4 is 0 Å². The number of rotatable bonds is 4. The molecule has 1 aromatic carbocycles. The van der Waals surface area contributed by atoms with Crippen LogP contribution in [0.5, 0.6) is 5.75 Å². The third kappa shape index (κ3) is 1.73. The Morgan fingerprint density at radius 2 is 2.13 bits per heavy atom. The molecule has 15 heavy (non-hydrogen) atoms. The van der Waals surface area contributed by atoms with E-state index in [0.717, 1.165) is 12.2 Å². The van der Waals surface area contributed by atoms with Crippen LogP contribution in [0, 0.1) is 5.41 Å². The summed E-state index contributed by atoms with van der Waals surface area (Å²) >= 11 is 0. The molecule has 2 atom stereocenters. The van der Waals surface area contributed by atoms with Crippen LogP contribution in [0.2, 0.25) is 0 Å². The molecular formula is C12H17NO2. The van der Waals surface area contributed by atoms with Crippen LogP contribution in [-0.2, 0) is 0 Å². The van der Waals surface area contributed by atoms with E-state index < -0.39 is 0 Å². The van der Waals surface area contributed by atoms with E-state index in [1.54, 1.807) is 7.11 Å². The van der Waals surface area contributed by atoms with Gasteiger partial charge in [0.2, 0.25) is 0 Å². The summed E-state index contributed by atoms with van der Waals surface area (Å²) in [4.78, 5) is 0. The Morgan fingerprint density at radius 3 is 2.53 bits per heavy atom. The topological polar surface area (TPSA) is 55.5 Å². The van der Waals surface area contributed by atoms with Crippen LogP contribution < -0.4 is 10.5 Å². The van der Waals surface area contributed by atoms with Crippen LogP contribution in [0.1, 0.15) is 17.9 Å². The van der Waals surface area contributed by atoms with Gasteiger partial charge in [0.05, 0.1) is 13.7 Å². The second kappa shape index (κ2) is 3.83. The van der Waals surface area contributed by atoms with Crippen molar-refractivity contribution in [3.8, 4) is 5.75 Å². The maximum atomic E-state index is 9.28. The van der Waals surface area contributed by atoms with E-state index in [-0.39, 0.29) is 12.0 Å². The molecule has 1 saturated carbocycles. The van der Waals surface area contributed by atoms with Gasteiger partial charge in [-0.15, -0.1) is 0 Å². The lowest BCUT2D eigenvalue weighted by Gasteiger charge is -2.11. The lowest BCUT2D eigenvalue weighted by atomic mass is 10.00. The van der Waals surface area contributed by atoms with Crippen molar-refractivity contribution in [3.05, 3.63) is 29.8 Å². The molecule has 0 amide bonds. The Morgan fingerprint density at radius 1 is 1.47 bits per heavy atom. The van der Waals surface area contributed by atoms with Gasteiger partial charge in [0, 0.05) is 12.0 Å². The second-order valence-electron chi connectivity index (χ2n) is 4.25. The minimum Gasteiger partial charge on any atom is -0.497 e. The summed E-state index contributed by atoms with van der Waals surface area (Å²) in [7, 11) is 1.66. The largest absolute Gasteiger partial charge is 0.497 e. The van der Waals surface area contributed by atoms with E-state index in [1.165, 1.54) is 5.56 Å². The molecule has 1 aliphatic carbocycles. The highest BCUT2D eigenvalue weighted by molar-refractivity contribution is 5.35. The van der Waals surface area contributed by atoms with Gasteiger partial charge in [0.1, 0.15) is 5.75 Å². The van der Waals surface area contributed by atoms with E-state index in [2.05, 4.69) is 12.1 Å². The molecule has 1 fully saturated rings. The summed E-state index contributed by atoms with van der Waals surface area (Å²) in [6.07, 6.45) is 0.992. The highest BCUT2D eigenvalue weighted by Gasteiger charge is 2.53. The fourth-order valence-corrected chi connectivity index (χ4v) is 2.12. The first-order valence-corrected chi connectivity index (χ1v) is 5.20. The van der Waals surface area contributed by atoms with Gasteiger partial charge >= 0.3 is 0 Å². The molecule has 0 spiro atoms. The molecule has 82 valence electrons. The van der Waals surface area contributed by atoms with Crippen LogP contribution in [0.4, 0.5) is 0 Å². The normalized spacial score (nSPS) is 28.9. The smallest absolute Gasteiger partial charge is 0.118 e. The predicted octanol–water partition coefficient (Wildman–Crippen LogP) is 1.12. The molecule has 3 heteroatoms. The first-order chi connectivity index (χ1) is 7.25. The van der Waals surface area contributed by atoms with Crippen molar-refractivity contribution in [2.24, 2.45) is 11.1 Å². The van der Waals surface area contributed by atoms with Crippen LogP contribution >= 0.6 is 0 Å². The molecule has 0 radical (unpaired) electrons.